The summed E-state index contributed by atoms with van der Waals surface area (Å²) in [5.41, 5.74) is 2.39. The van der Waals surface area contributed by atoms with Gasteiger partial charge in [-0.05, 0) is 29.8 Å². The van der Waals surface area contributed by atoms with Crippen molar-refractivity contribution in [1.82, 2.24) is 0 Å². The first-order valence-corrected chi connectivity index (χ1v) is 6.62. The maximum atomic E-state index is 12.2. The van der Waals surface area contributed by atoms with E-state index in [9.17, 15) is 4.79 Å². The predicted molar refractivity (Wildman–Crippen MR) is 84.0 cm³/mol. The van der Waals surface area contributed by atoms with E-state index in [0.717, 1.165) is 22.4 Å². The van der Waals surface area contributed by atoms with Crippen LogP contribution in [0, 0.1) is 0 Å². The molecule has 0 spiro atoms. The summed E-state index contributed by atoms with van der Waals surface area (Å²) in [5.74, 6) is 0.728. The number of nitrogens with one attached hydrogen (secondary N) is 1. The fraction of sp³-hybridized carbons (Fsp3) is 0.118. The Morgan fingerprint density at radius 3 is 2.67 bits per heavy atom. The number of para-hydroxylation sites is 1. The molecular formula is C17H15NO3. The molecule has 0 saturated carbocycles. The van der Waals surface area contributed by atoms with Crippen molar-refractivity contribution in [1.29, 1.82) is 0 Å². The molecule has 0 atom stereocenters. The highest BCUT2D eigenvalue weighted by atomic mass is 16.5. The Balaban J connectivity index is 2.20. The fourth-order valence-corrected chi connectivity index (χ4v) is 2.33. The quantitative estimate of drug-likeness (QED) is 0.746. The van der Waals surface area contributed by atoms with Crippen molar-refractivity contribution in [3.63, 3.8) is 0 Å². The lowest BCUT2D eigenvalue weighted by atomic mass is 10.0. The average molecular weight is 281 g/mol. The molecule has 0 aliphatic carbocycles. The highest BCUT2D eigenvalue weighted by Crippen LogP contribution is 2.30. The second-order valence-corrected chi connectivity index (χ2v) is 4.65. The first-order chi connectivity index (χ1) is 10.2. The van der Waals surface area contributed by atoms with Crippen molar-refractivity contribution in [2.45, 2.75) is 0 Å². The maximum Gasteiger partial charge on any atom is 0.344 e. The molecule has 1 N–H and O–H groups in total. The second-order valence-electron chi connectivity index (χ2n) is 4.65. The number of benzene rings is 2. The molecule has 3 rings (SSSR count). The van der Waals surface area contributed by atoms with Gasteiger partial charge in [-0.25, -0.2) is 4.79 Å². The number of fused-ring (bicyclic) bond motifs is 1. The van der Waals surface area contributed by atoms with Gasteiger partial charge in [0.1, 0.15) is 11.3 Å². The lowest BCUT2D eigenvalue weighted by Gasteiger charge is -2.10. The highest BCUT2D eigenvalue weighted by Gasteiger charge is 2.10. The zero-order chi connectivity index (χ0) is 14.8. The molecule has 0 amide bonds. The molecule has 0 fully saturated rings. The van der Waals surface area contributed by atoms with E-state index in [1.165, 1.54) is 0 Å². The lowest BCUT2D eigenvalue weighted by Crippen LogP contribution is -2.03. The van der Waals surface area contributed by atoms with E-state index in [2.05, 4.69) is 5.32 Å². The highest BCUT2D eigenvalue weighted by molar-refractivity contribution is 5.82. The molecule has 0 bridgehead atoms. The Morgan fingerprint density at radius 1 is 1.10 bits per heavy atom. The van der Waals surface area contributed by atoms with E-state index in [0.29, 0.717) is 11.1 Å². The molecule has 21 heavy (non-hydrogen) atoms. The molecule has 0 aliphatic heterocycles. The second kappa shape index (κ2) is 5.32. The summed E-state index contributed by atoms with van der Waals surface area (Å²) in [4.78, 5) is 12.2. The predicted octanol–water partition coefficient (Wildman–Crippen LogP) is 3.51. The van der Waals surface area contributed by atoms with E-state index in [4.69, 9.17) is 9.15 Å². The van der Waals surface area contributed by atoms with Crippen LogP contribution in [-0.4, -0.2) is 14.2 Å². The number of rotatable bonds is 3. The molecule has 1 heterocycles. The van der Waals surface area contributed by atoms with Crippen LogP contribution in [0.5, 0.6) is 5.75 Å². The molecule has 0 aliphatic rings. The van der Waals surface area contributed by atoms with E-state index in [1.807, 2.05) is 49.5 Å². The van der Waals surface area contributed by atoms with E-state index in [-0.39, 0.29) is 5.63 Å². The summed E-state index contributed by atoms with van der Waals surface area (Å²) < 4.78 is 10.6. The maximum absolute atomic E-state index is 12.2. The zero-order valence-electron chi connectivity index (χ0n) is 11.8. The van der Waals surface area contributed by atoms with Crippen LogP contribution < -0.4 is 15.7 Å². The van der Waals surface area contributed by atoms with Gasteiger partial charge in [0.05, 0.1) is 18.4 Å². The molecule has 106 valence electrons. The van der Waals surface area contributed by atoms with Crippen molar-refractivity contribution in [3.05, 3.63) is 59.0 Å². The zero-order valence-corrected chi connectivity index (χ0v) is 11.8. The Morgan fingerprint density at radius 2 is 1.90 bits per heavy atom. The summed E-state index contributed by atoms with van der Waals surface area (Å²) in [7, 11) is 3.42. The fourth-order valence-electron chi connectivity index (χ4n) is 2.33. The number of ether oxygens (including phenoxy) is 1. The topological polar surface area (TPSA) is 51.5 Å². The lowest BCUT2D eigenvalue weighted by molar-refractivity contribution is 0.416. The van der Waals surface area contributed by atoms with E-state index >= 15 is 0 Å². The van der Waals surface area contributed by atoms with Gasteiger partial charge in [-0.3, -0.25) is 0 Å². The van der Waals surface area contributed by atoms with Gasteiger partial charge in [0.25, 0.3) is 0 Å². The van der Waals surface area contributed by atoms with E-state index in [1.54, 1.807) is 13.2 Å². The molecule has 2 aromatic carbocycles. The van der Waals surface area contributed by atoms with Crippen molar-refractivity contribution < 1.29 is 9.15 Å². The minimum absolute atomic E-state index is 0.346. The summed E-state index contributed by atoms with van der Waals surface area (Å²) in [6.07, 6.45) is 0. The van der Waals surface area contributed by atoms with Crippen LogP contribution in [0.1, 0.15) is 0 Å². The molecule has 4 nitrogen and oxygen atoms in total. The largest absolute Gasteiger partial charge is 0.495 e. The Hall–Kier alpha value is -2.75. The van der Waals surface area contributed by atoms with Crippen LogP contribution in [0.3, 0.4) is 0 Å². The third kappa shape index (κ3) is 2.36. The smallest absolute Gasteiger partial charge is 0.344 e. The number of hydrogen-bond acceptors (Lipinski definition) is 4. The Labute approximate surface area is 122 Å². The SMILES string of the molecule is CNc1cc(-c2cc3ccccc3oc2=O)ccc1OC. The van der Waals surface area contributed by atoms with Crippen LogP contribution in [-0.2, 0) is 0 Å². The minimum Gasteiger partial charge on any atom is -0.495 e. The van der Waals surface area contributed by atoms with Gasteiger partial charge >= 0.3 is 5.63 Å². The molecule has 0 saturated heterocycles. The van der Waals surface area contributed by atoms with E-state index < -0.39 is 0 Å². The van der Waals surface area contributed by atoms with Gasteiger partial charge in [-0.15, -0.1) is 0 Å². The Kier molecular flexibility index (Phi) is 3.36. The molecule has 0 unspecified atom stereocenters. The van der Waals surface area contributed by atoms with Crippen LogP contribution in [0.2, 0.25) is 0 Å². The molecule has 0 radical (unpaired) electrons. The monoisotopic (exact) mass is 281 g/mol. The first kappa shape index (κ1) is 13.2. The van der Waals surface area contributed by atoms with Crippen molar-refractivity contribution in [2.24, 2.45) is 0 Å². The summed E-state index contributed by atoms with van der Waals surface area (Å²) >= 11 is 0. The minimum atomic E-state index is -0.346. The third-order valence-electron chi connectivity index (χ3n) is 3.42. The number of anilines is 1. The van der Waals surface area contributed by atoms with Crippen molar-refractivity contribution in [3.8, 4) is 16.9 Å². The Bertz CT molecular complexity index is 852. The van der Waals surface area contributed by atoms with Crippen LogP contribution >= 0.6 is 0 Å². The molecule has 1 aromatic heterocycles. The standard InChI is InChI=1S/C17H15NO3/c1-18-14-10-11(7-8-16(14)20-2)13-9-12-5-3-4-6-15(12)21-17(13)19/h3-10,18H,1-2H3. The average Bonchev–Trinajstić information content (AvgIpc) is 2.53. The number of methoxy groups -OCH3 is 1. The summed E-state index contributed by atoms with van der Waals surface area (Å²) in [5, 5.41) is 3.95. The van der Waals surface area contributed by atoms with Crippen LogP contribution in [0.15, 0.2) is 57.7 Å². The van der Waals surface area contributed by atoms with Gasteiger partial charge in [-0.1, -0.05) is 24.3 Å². The van der Waals surface area contributed by atoms with Gasteiger partial charge in [0.2, 0.25) is 0 Å². The van der Waals surface area contributed by atoms with Gasteiger partial charge in [0.15, 0.2) is 0 Å². The van der Waals surface area contributed by atoms with Crippen molar-refractivity contribution in [2.75, 3.05) is 19.5 Å². The van der Waals surface area contributed by atoms with Gasteiger partial charge in [0, 0.05) is 12.4 Å². The van der Waals surface area contributed by atoms with Gasteiger partial charge < -0.3 is 14.5 Å². The van der Waals surface area contributed by atoms with Gasteiger partial charge in [-0.2, -0.15) is 0 Å². The molecule has 3 aromatic rings. The van der Waals surface area contributed by atoms with Crippen LogP contribution in [0.4, 0.5) is 5.69 Å². The van der Waals surface area contributed by atoms with Crippen LogP contribution in [0.25, 0.3) is 22.1 Å². The third-order valence-corrected chi connectivity index (χ3v) is 3.42. The normalized spacial score (nSPS) is 10.6. The van der Waals surface area contributed by atoms with Crippen molar-refractivity contribution >= 4 is 16.7 Å². The number of hydrogen-bond donors (Lipinski definition) is 1. The summed E-state index contributed by atoms with van der Waals surface area (Å²) in [6.45, 7) is 0. The molecule has 4 heteroatoms. The summed E-state index contributed by atoms with van der Waals surface area (Å²) in [6, 6.07) is 14.9. The first-order valence-electron chi connectivity index (χ1n) is 6.62. The molecular weight excluding hydrogens is 266 g/mol.